The molecule has 4 unspecified atom stereocenters. The van der Waals surface area contributed by atoms with Gasteiger partial charge in [0.2, 0.25) is 6.79 Å². The summed E-state index contributed by atoms with van der Waals surface area (Å²) < 4.78 is 10.9. The molecule has 4 rings (SSSR count). The summed E-state index contributed by atoms with van der Waals surface area (Å²) >= 11 is 0. The van der Waals surface area contributed by atoms with Crippen LogP contribution in [0.4, 0.5) is 0 Å². The Labute approximate surface area is 149 Å². The topological polar surface area (TPSA) is 78.6 Å². The van der Waals surface area contributed by atoms with Crippen molar-refractivity contribution in [2.45, 2.75) is 31.8 Å². The van der Waals surface area contributed by atoms with Crippen LogP contribution in [0.5, 0.6) is 11.5 Å². The van der Waals surface area contributed by atoms with Crippen molar-refractivity contribution in [3.63, 3.8) is 0 Å². The van der Waals surface area contributed by atoms with E-state index >= 15 is 0 Å². The molecule has 3 heterocycles. The molecule has 3 aliphatic heterocycles. The van der Waals surface area contributed by atoms with E-state index in [9.17, 15) is 0 Å². The Bertz CT molecular complexity index is 585. The predicted octanol–water partition coefficient (Wildman–Crippen LogP) is 0.663. The number of fused-ring (bicyclic) bond motifs is 1. The molecule has 2 saturated heterocycles. The van der Waals surface area contributed by atoms with Crippen molar-refractivity contribution in [3.8, 4) is 11.5 Å². The van der Waals surface area contributed by atoms with E-state index in [0.29, 0.717) is 24.8 Å². The van der Waals surface area contributed by atoms with Gasteiger partial charge in [-0.15, -0.1) is 0 Å². The molecule has 4 atom stereocenters. The van der Waals surface area contributed by atoms with Crippen LogP contribution in [0.2, 0.25) is 0 Å². The second-order valence-corrected chi connectivity index (χ2v) is 7.30. The highest BCUT2D eigenvalue weighted by Gasteiger charge is 2.29. The molecule has 0 aromatic heterocycles. The van der Waals surface area contributed by atoms with Crippen molar-refractivity contribution >= 4 is 0 Å². The zero-order chi connectivity index (χ0) is 17.1. The van der Waals surface area contributed by atoms with Crippen LogP contribution in [0.25, 0.3) is 0 Å². The molecule has 1 aromatic carbocycles. The van der Waals surface area contributed by atoms with E-state index in [2.05, 4.69) is 46.1 Å². The van der Waals surface area contributed by atoms with Gasteiger partial charge in [0, 0.05) is 31.6 Å². The Morgan fingerprint density at radius 3 is 2.80 bits per heavy atom. The Morgan fingerprint density at radius 1 is 1.08 bits per heavy atom. The van der Waals surface area contributed by atoms with Crippen LogP contribution in [0, 0.1) is 11.8 Å². The summed E-state index contributed by atoms with van der Waals surface area (Å²) in [4.78, 5) is 0. The second-order valence-electron chi connectivity index (χ2n) is 7.30. The number of nitrogens with one attached hydrogen (secondary N) is 5. The van der Waals surface area contributed by atoms with Crippen LogP contribution in [0.3, 0.4) is 0 Å². The van der Waals surface area contributed by atoms with Crippen molar-refractivity contribution in [2.75, 3.05) is 33.0 Å². The van der Waals surface area contributed by atoms with Gasteiger partial charge < -0.3 is 14.8 Å². The van der Waals surface area contributed by atoms with Gasteiger partial charge in [0.25, 0.3) is 0 Å². The number of rotatable bonds is 7. The van der Waals surface area contributed by atoms with Crippen LogP contribution < -0.4 is 36.5 Å². The average molecular weight is 347 g/mol. The zero-order valence-electron chi connectivity index (χ0n) is 14.8. The molecular formula is C18H29N5O2. The molecule has 0 aliphatic carbocycles. The van der Waals surface area contributed by atoms with E-state index in [1.165, 1.54) is 18.4 Å². The summed E-state index contributed by atoms with van der Waals surface area (Å²) in [5.74, 6) is 2.97. The van der Waals surface area contributed by atoms with Crippen molar-refractivity contribution in [1.29, 1.82) is 0 Å². The van der Waals surface area contributed by atoms with E-state index < -0.39 is 0 Å². The van der Waals surface area contributed by atoms with Crippen molar-refractivity contribution < 1.29 is 9.47 Å². The van der Waals surface area contributed by atoms with Crippen molar-refractivity contribution in [3.05, 3.63) is 23.8 Å². The highest BCUT2D eigenvalue weighted by Crippen LogP contribution is 2.36. The molecule has 0 amide bonds. The molecule has 0 radical (unpaired) electrons. The fraction of sp³-hybridized carbons (Fsp3) is 0.667. The van der Waals surface area contributed by atoms with E-state index in [1.807, 2.05) is 6.07 Å². The molecule has 7 nitrogen and oxygen atoms in total. The van der Waals surface area contributed by atoms with Gasteiger partial charge in [0.1, 0.15) is 0 Å². The molecule has 1 aromatic rings. The van der Waals surface area contributed by atoms with E-state index in [1.54, 1.807) is 0 Å². The molecular weight excluding hydrogens is 318 g/mol. The minimum absolute atomic E-state index is 0.297. The van der Waals surface area contributed by atoms with Gasteiger partial charge in [0.05, 0.1) is 6.04 Å². The third-order valence-corrected chi connectivity index (χ3v) is 5.59. The Morgan fingerprint density at radius 2 is 1.92 bits per heavy atom. The third kappa shape index (κ3) is 3.91. The van der Waals surface area contributed by atoms with Crippen LogP contribution >= 0.6 is 0 Å². The van der Waals surface area contributed by atoms with Crippen LogP contribution in [-0.4, -0.2) is 39.0 Å². The first-order valence-electron chi connectivity index (χ1n) is 9.38. The maximum absolute atomic E-state index is 5.51. The van der Waals surface area contributed by atoms with Gasteiger partial charge in [-0.05, 0) is 49.9 Å². The van der Waals surface area contributed by atoms with Gasteiger partial charge in [0.15, 0.2) is 11.5 Å². The smallest absolute Gasteiger partial charge is 0.231 e. The molecule has 138 valence electrons. The SMILES string of the molecule is CC1NNCC1CCCNCC1CNNC1c1ccc2c(c1)OCO2. The number of ether oxygens (including phenoxy) is 2. The van der Waals surface area contributed by atoms with Gasteiger partial charge in [-0.3, -0.25) is 16.3 Å². The average Bonchev–Trinajstić information content (AvgIpc) is 3.35. The van der Waals surface area contributed by atoms with Gasteiger partial charge in [-0.25, -0.2) is 5.43 Å². The van der Waals surface area contributed by atoms with Crippen LogP contribution in [-0.2, 0) is 0 Å². The summed E-state index contributed by atoms with van der Waals surface area (Å²) in [5.41, 5.74) is 14.5. The lowest BCUT2D eigenvalue weighted by atomic mass is 9.94. The number of hydrogen-bond acceptors (Lipinski definition) is 7. The van der Waals surface area contributed by atoms with E-state index in [-0.39, 0.29) is 0 Å². The zero-order valence-corrected chi connectivity index (χ0v) is 14.8. The third-order valence-electron chi connectivity index (χ3n) is 5.59. The molecule has 0 spiro atoms. The summed E-state index contributed by atoms with van der Waals surface area (Å²) in [6.07, 6.45) is 2.49. The highest BCUT2D eigenvalue weighted by molar-refractivity contribution is 5.45. The normalized spacial score (nSPS) is 30.9. The first-order valence-corrected chi connectivity index (χ1v) is 9.38. The van der Waals surface area contributed by atoms with E-state index in [0.717, 1.165) is 43.6 Å². The van der Waals surface area contributed by atoms with Crippen molar-refractivity contribution in [2.24, 2.45) is 11.8 Å². The Kier molecular flexibility index (Phi) is 5.38. The fourth-order valence-electron chi connectivity index (χ4n) is 3.96. The number of hydrazine groups is 2. The predicted molar refractivity (Wildman–Crippen MR) is 96.1 cm³/mol. The molecule has 0 saturated carbocycles. The summed E-state index contributed by atoms with van der Waals surface area (Å²) in [6, 6.07) is 7.12. The summed E-state index contributed by atoms with van der Waals surface area (Å²) in [6.45, 7) is 6.72. The minimum Gasteiger partial charge on any atom is -0.454 e. The Balaban J connectivity index is 1.23. The summed E-state index contributed by atoms with van der Waals surface area (Å²) in [7, 11) is 0. The lowest BCUT2D eigenvalue weighted by molar-refractivity contribution is 0.174. The molecule has 3 aliphatic rings. The number of benzene rings is 1. The van der Waals surface area contributed by atoms with Gasteiger partial charge in [-0.2, -0.15) is 0 Å². The largest absolute Gasteiger partial charge is 0.454 e. The first-order chi connectivity index (χ1) is 12.3. The quantitative estimate of drug-likeness (QED) is 0.464. The van der Waals surface area contributed by atoms with Crippen LogP contribution in [0.1, 0.15) is 31.4 Å². The maximum atomic E-state index is 5.51. The molecule has 25 heavy (non-hydrogen) atoms. The van der Waals surface area contributed by atoms with Gasteiger partial charge in [-0.1, -0.05) is 6.07 Å². The monoisotopic (exact) mass is 347 g/mol. The van der Waals surface area contributed by atoms with Gasteiger partial charge >= 0.3 is 0 Å². The van der Waals surface area contributed by atoms with E-state index in [4.69, 9.17) is 9.47 Å². The molecule has 5 N–H and O–H groups in total. The summed E-state index contributed by atoms with van der Waals surface area (Å²) in [5, 5.41) is 3.64. The van der Waals surface area contributed by atoms with Crippen molar-refractivity contribution in [1.82, 2.24) is 27.0 Å². The standard InChI is InChI=1S/C18H29N5O2/c1-12-14(9-20-22-12)3-2-6-19-8-15-10-21-23-18(15)13-4-5-16-17(7-13)25-11-24-16/h4-5,7,12,14-15,18-23H,2-3,6,8-11H2,1H3. The highest BCUT2D eigenvalue weighted by atomic mass is 16.7. The second kappa shape index (κ2) is 7.88. The Hall–Kier alpha value is -1.38. The van der Waals surface area contributed by atoms with Crippen LogP contribution in [0.15, 0.2) is 18.2 Å². The molecule has 7 heteroatoms. The molecule has 0 bridgehead atoms. The molecule has 2 fully saturated rings. The lowest BCUT2D eigenvalue weighted by Gasteiger charge is -2.20. The number of hydrogen-bond donors (Lipinski definition) is 5. The maximum Gasteiger partial charge on any atom is 0.231 e. The first kappa shape index (κ1) is 17.1. The minimum atomic E-state index is 0.297. The fourth-order valence-corrected chi connectivity index (χ4v) is 3.96. The lowest BCUT2D eigenvalue weighted by Crippen LogP contribution is -2.30.